The number of benzene rings is 2. The highest BCUT2D eigenvalue weighted by Gasteiger charge is 2.51. The van der Waals surface area contributed by atoms with Crippen molar-refractivity contribution in [2.24, 2.45) is 21.2 Å². The third kappa shape index (κ3) is 5.66. The smallest absolute Gasteiger partial charge is 0.251 e. The fourth-order valence-corrected chi connectivity index (χ4v) is 5.12. The van der Waals surface area contributed by atoms with Crippen LogP contribution in [0.4, 0.5) is 8.78 Å². The van der Waals surface area contributed by atoms with E-state index in [9.17, 15) is 13.6 Å². The quantitative estimate of drug-likeness (QED) is 0.164. The molecule has 11 heteroatoms. The first-order chi connectivity index (χ1) is 17.2. The second-order valence-electron chi connectivity index (χ2n) is 8.83. The lowest BCUT2D eigenvalue weighted by Gasteiger charge is -2.39. The average Bonchev–Trinajstić information content (AvgIpc) is 3.27. The molecule has 0 aliphatic carbocycles. The third-order valence-electron chi connectivity index (χ3n) is 5.85. The summed E-state index contributed by atoms with van der Waals surface area (Å²) in [5.74, 6) is -1.25. The van der Waals surface area contributed by atoms with Crippen LogP contribution in [-0.2, 0) is 9.67 Å². The van der Waals surface area contributed by atoms with E-state index in [1.54, 1.807) is 20.9 Å². The highest BCUT2D eigenvalue weighted by atomic mass is 32.2. The maximum atomic E-state index is 14.8. The van der Waals surface area contributed by atoms with E-state index in [1.807, 2.05) is 36.5 Å². The van der Waals surface area contributed by atoms with Gasteiger partial charge in [-0.2, -0.15) is 10.4 Å². The molecular weight excluding hydrogens is 484 g/mol. The van der Waals surface area contributed by atoms with E-state index in [2.05, 4.69) is 20.7 Å². The zero-order chi connectivity index (χ0) is 26.3. The molecule has 2 aromatic carbocycles. The normalized spacial score (nSPS) is 18.0. The first-order valence-electron chi connectivity index (χ1n) is 11.4. The zero-order valence-corrected chi connectivity index (χ0v) is 21.2. The number of nitrogens with one attached hydrogen (secondary N) is 2. The van der Waals surface area contributed by atoms with Gasteiger partial charge in [0.15, 0.2) is 6.19 Å². The van der Waals surface area contributed by atoms with Crippen LogP contribution in [0.15, 0.2) is 58.6 Å². The monoisotopic (exact) mass is 513 g/mol. The Balaban J connectivity index is 2.05. The van der Waals surface area contributed by atoms with E-state index in [0.29, 0.717) is 25.3 Å². The van der Waals surface area contributed by atoms with Crippen LogP contribution < -0.4 is 16.4 Å². The Bertz CT molecular complexity index is 1200. The van der Waals surface area contributed by atoms with E-state index in [-0.39, 0.29) is 23.1 Å². The summed E-state index contributed by atoms with van der Waals surface area (Å²) in [7, 11) is 1.55. The maximum absolute atomic E-state index is 14.8. The molecule has 36 heavy (non-hydrogen) atoms. The number of carbonyl (C=O) groups excluding carboxylic acids is 1. The number of hydrogen-bond donors (Lipinski definition) is 3. The number of aliphatic imine (C=N–C) groups is 1. The van der Waals surface area contributed by atoms with Crippen molar-refractivity contribution >= 4 is 28.7 Å². The first kappa shape index (κ1) is 27.1. The summed E-state index contributed by atoms with van der Waals surface area (Å²) in [5.41, 5.74) is 5.74. The minimum Gasteiger partial charge on any atom is -0.356 e. The van der Waals surface area contributed by atoms with Gasteiger partial charge in [-0.05, 0) is 50.5 Å². The van der Waals surface area contributed by atoms with E-state index in [0.717, 1.165) is 23.8 Å². The summed E-state index contributed by atoms with van der Waals surface area (Å²) in [6, 6.07) is 12.5. The Morgan fingerprint density at radius 2 is 2.00 bits per heavy atom. The summed E-state index contributed by atoms with van der Waals surface area (Å²) in [5, 5.41) is 20.5. The Morgan fingerprint density at radius 3 is 2.64 bits per heavy atom. The van der Waals surface area contributed by atoms with Crippen LogP contribution >= 0.6 is 11.8 Å². The van der Waals surface area contributed by atoms with Crippen LogP contribution in [0.5, 0.6) is 0 Å². The summed E-state index contributed by atoms with van der Waals surface area (Å²) < 4.78 is 28.8. The SMILES string of the molecule is CN=C(NC#N)NCCCC1(c2ccccc2)SC(c2cc(F)ccc2F)=NN1C(=O)C(C)(C)CN. The predicted molar refractivity (Wildman–Crippen MR) is 138 cm³/mol. The number of hydrogen-bond acceptors (Lipinski definition) is 6. The molecule has 0 radical (unpaired) electrons. The Labute approximate surface area is 213 Å². The molecule has 0 bridgehead atoms. The molecule has 0 aromatic heterocycles. The van der Waals surface area contributed by atoms with Crippen molar-refractivity contribution in [1.29, 1.82) is 5.26 Å². The molecule has 1 unspecified atom stereocenters. The molecule has 1 amide bonds. The fraction of sp³-hybridized carbons (Fsp3) is 0.360. The molecule has 1 aliphatic heterocycles. The Kier molecular flexibility index (Phi) is 8.66. The molecule has 1 aliphatic rings. The van der Waals surface area contributed by atoms with E-state index >= 15 is 0 Å². The van der Waals surface area contributed by atoms with Crippen molar-refractivity contribution in [2.45, 2.75) is 31.6 Å². The van der Waals surface area contributed by atoms with Crippen molar-refractivity contribution in [3.8, 4) is 6.19 Å². The highest BCUT2D eigenvalue weighted by Crippen LogP contribution is 2.51. The number of rotatable bonds is 8. The van der Waals surface area contributed by atoms with E-state index in [4.69, 9.17) is 11.0 Å². The number of thioether (sulfide) groups is 1. The third-order valence-corrected chi connectivity index (χ3v) is 7.29. The van der Waals surface area contributed by atoms with E-state index in [1.165, 1.54) is 16.8 Å². The number of carbonyl (C=O) groups is 1. The van der Waals surface area contributed by atoms with Crippen LogP contribution in [0.1, 0.15) is 37.8 Å². The molecular formula is C25H29F2N7OS. The van der Waals surface area contributed by atoms with Gasteiger partial charge in [-0.15, -0.1) is 0 Å². The largest absolute Gasteiger partial charge is 0.356 e. The van der Waals surface area contributed by atoms with Crippen LogP contribution in [-0.4, -0.2) is 42.1 Å². The zero-order valence-electron chi connectivity index (χ0n) is 20.4. The van der Waals surface area contributed by atoms with Crippen LogP contribution in [0.3, 0.4) is 0 Å². The van der Waals surface area contributed by atoms with E-state index < -0.39 is 21.9 Å². The van der Waals surface area contributed by atoms with Crippen molar-refractivity contribution in [3.05, 3.63) is 71.3 Å². The fourth-order valence-electron chi connectivity index (χ4n) is 3.70. The number of nitriles is 1. The van der Waals surface area contributed by atoms with Gasteiger partial charge < -0.3 is 11.1 Å². The van der Waals surface area contributed by atoms with Crippen molar-refractivity contribution in [2.75, 3.05) is 20.1 Å². The molecule has 0 fully saturated rings. The second-order valence-corrected chi connectivity index (χ2v) is 10.1. The van der Waals surface area contributed by atoms with Gasteiger partial charge in [0.25, 0.3) is 5.91 Å². The summed E-state index contributed by atoms with van der Waals surface area (Å²) in [6.07, 6.45) is 2.76. The average molecular weight is 514 g/mol. The molecule has 1 heterocycles. The van der Waals surface area contributed by atoms with Crippen LogP contribution in [0.25, 0.3) is 0 Å². The molecule has 8 nitrogen and oxygen atoms in total. The number of nitrogens with two attached hydrogens (primary N) is 1. The highest BCUT2D eigenvalue weighted by molar-refractivity contribution is 8.15. The van der Waals surface area contributed by atoms with Gasteiger partial charge in [0, 0.05) is 25.7 Å². The lowest BCUT2D eigenvalue weighted by molar-refractivity contribution is -0.143. The molecule has 190 valence electrons. The number of hydrazone groups is 1. The predicted octanol–water partition coefficient (Wildman–Crippen LogP) is 3.47. The van der Waals surface area contributed by atoms with Gasteiger partial charge in [-0.1, -0.05) is 42.1 Å². The molecule has 0 saturated heterocycles. The molecule has 2 aromatic rings. The molecule has 1 atom stereocenters. The number of guanidine groups is 1. The summed E-state index contributed by atoms with van der Waals surface area (Å²) >= 11 is 1.21. The van der Waals surface area contributed by atoms with Gasteiger partial charge in [-0.25, -0.2) is 13.8 Å². The topological polar surface area (TPSA) is 119 Å². The minimum absolute atomic E-state index is 0.0158. The van der Waals surface area contributed by atoms with Gasteiger partial charge in [-0.3, -0.25) is 15.1 Å². The molecule has 3 rings (SSSR count). The van der Waals surface area contributed by atoms with Gasteiger partial charge in [0.05, 0.1) is 5.41 Å². The number of nitrogens with zero attached hydrogens (tertiary/aromatic N) is 4. The maximum Gasteiger partial charge on any atom is 0.251 e. The standard InChI is InChI=1S/C25H29F2N7OS/c1-24(2,15-28)22(35)34-25(17-8-5-4-6-9-17,12-7-13-31-23(30-3)32-16-29)36-21(33-34)19-14-18(26)10-11-20(19)27/h4-6,8-11,14H,7,12-13,15,28H2,1-3H3,(H2,30,31,32). The van der Waals surface area contributed by atoms with Gasteiger partial charge >= 0.3 is 0 Å². The molecule has 4 N–H and O–H groups in total. The molecule has 0 spiro atoms. The van der Waals surface area contributed by atoms with Crippen molar-refractivity contribution < 1.29 is 13.6 Å². The lowest BCUT2D eigenvalue weighted by Crippen LogP contribution is -2.49. The van der Waals surface area contributed by atoms with Crippen LogP contribution in [0, 0.1) is 28.5 Å². The second kappa shape index (κ2) is 11.5. The van der Waals surface area contributed by atoms with Gasteiger partial charge in [0.2, 0.25) is 5.96 Å². The van der Waals surface area contributed by atoms with Crippen molar-refractivity contribution in [3.63, 3.8) is 0 Å². The Morgan fingerprint density at radius 1 is 1.28 bits per heavy atom. The Hall–Kier alpha value is -3.49. The summed E-state index contributed by atoms with van der Waals surface area (Å²) in [4.78, 5) is 16.7. The van der Waals surface area contributed by atoms with Gasteiger partial charge in [0.1, 0.15) is 21.5 Å². The minimum atomic E-state index is -1.03. The molecule has 0 saturated carbocycles. The van der Waals surface area contributed by atoms with Crippen molar-refractivity contribution in [1.82, 2.24) is 15.6 Å². The lowest BCUT2D eigenvalue weighted by atomic mass is 9.90. The number of amides is 1. The number of halogens is 2. The van der Waals surface area contributed by atoms with Crippen LogP contribution in [0.2, 0.25) is 0 Å². The first-order valence-corrected chi connectivity index (χ1v) is 12.2. The summed E-state index contributed by atoms with van der Waals surface area (Å²) in [6.45, 7) is 3.97.